The lowest BCUT2D eigenvalue weighted by Gasteiger charge is -2.08. The average Bonchev–Trinajstić information content (AvgIpc) is 2.40. The van der Waals surface area contributed by atoms with Gasteiger partial charge in [-0.05, 0) is 30.3 Å². The number of nitrogen functional groups attached to an aromatic ring is 1. The van der Waals surface area contributed by atoms with E-state index in [2.05, 4.69) is 5.32 Å². The molecule has 0 bridgehead atoms. The van der Waals surface area contributed by atoms with E-state index in [4.69, 9.17) is 28.9 Å². The number of carbonyl (C=O) groups excluding carboxylic acids is 1. The summed E-state index contributed by atoms with van der Waals surface area (Å²) in [6, 6.07) is 8.40. The first-order chi connectivity index (χ1) is 9.88. The summed E-state index contributed by atoms with van der Waals surface area (Å²) in [5, 5.41) is 13.7. The predicted molar refractivity (Wildman–Crippen MR) is 81.9 cm³/mol. The van der Waals surface area contributed by atoms with Gasteiger partial charge in [0.1, 0.15) is 5.02 Å². The predicted octanol–water partition coefficient (Wildman–Crippen LogP) is 3.74. The van der Waals surface area contributed by atoms with Gasteiger partial charge in [0, 0.05) is 22.5 Å². The van der Waals surface area contributed by atoms with E-state index in [1.54, 1.807) is 0 Å². The summed E-state index contributed by atoms with van der Waals surface area (Å²) in [7, 11) is 0. The molecule has 3 N–H and O–H groups in total. The van der Waals surface area contributed by atoms with Gasteiger partial charge in [0.05, 0.1) is 10.5 Å². The molecule has 0 fully saturated rings. The molecular formula is C13H9Cl2N3O3. The van der Waals surface area contributed by atoms with Crippen molar-refractivity contribution in [1.82, 2.24) is 0 Å². The zero-order valence-electron chi connectivity index (χ0n) is 10.5. The summed E-state index contributed by atoms with van der Waals surface area (Å²) in [4.78, 5) is 22.2. The smallest absolute Gasteiger partial charge is 0.289 e. The number of nitrogens with zero attached hydrogens (tertiary/aromatic N) is 1. The maximum atomic E-state index is 12.1. The van der Waals surface area contributed by atoms with Crippen LogP contribution in [0.15, 0.2) is 36.4 Å². The first-order valence-electron chi connectivity index (χ1n) is 5.69. The number of anilines is 2. The Bertz CT molecular complexity index is 735. The van der Waals surface area contributed by atoms with E-state index in [9.17, 15) is 14.9 Å². The molecule has 0 atom stereocenters. The minimum Gasteiger partial charge on any atom is -0.398 e. The third-order valence-electron chi connectivity index (χ3n) is 2.66. The molecule has 108 valence electrons. The van der Waals surface area contributed by atoms with Gasteiger partial charge in [0.25, 0.3) is 11.6 Å². The number of carbonyl (C=O) groups is 1. The molecule has 2 aromatic carbocycles. The summed E-state index contributed by atoms with van der Waals surface area (Å²) in [5.41, 5.74) is 6.08. The van der Waals surface area contributed by atoms with Crippen molar-refractivity contribution >= 4 is 46.2 Å². The SMILES string of the molecule is Nc1cc(Cl)ccc1C(=O)Nc1ccc(Cl)c([N+](=O)[O-])c1. The molecule has 0 heterocycles. The van der Waals surface area contributed by atoms with Crippen molar-refractivity contribution in [3.8, 4) is 0 Å². The number of rotatable bonds is 3. The van der Waals surface area contributed by atoms with Gasteiger partial charge in [-0.2, -0.15) is 0 Å². The minimum atomic E-state index is -0.630. The van der Waals surface area contributed by atoms with Crippen molar-refractivity contribution in [2.24, 2.45) is 0 Å². The maximum absolute atomic E-state index is 12.1. The molecule has 0 saturated carbocycles. The van der Waals surface area contributed by atoms with Gasteiger partial charge < -0.3 is 11.1 Å². The highest BCUT2D eigenvalue weighted by atomic mass is 35.5. The molecule has 0 spiro atoms. The second kappa shape index (κ2) is 5.99. The first kappa shape index (κ1) is 15.1. The number of nitro groups is 1. The molecule has 6 nitrogen and oxygen atoms in total. The Morgan fingerprint density at radius 2 is 1.90 bits per heavy atom. The van der Waals surface area contributed by atoms with Crippen LogP contribution in [0.5, 0.6) is 0 Å². The van der Waals surface area contributed by atoms with Crippen molar-refractivity contribution in [1.29, 1.82) is 0 Å². The van der Waals surface area contributed by atoms with E-state index in [1.165, 1.54) is 36.4 Å². The molecule has 0 aromatic heterocycles. The molecule has 0 unspecified atom stereocenters. The average molecular weight is 326 g/mol. The van der Waals surface area contributed by atoms with Crippen LogP contribution in [0.2, 0.25) is 10.0 Å². The van der Waals surface area contributed by atoms with Crippen LogP contribution in [-0.4, -0.2) is 10.8 Å². The van der Waals surface area contributed by atoms with E-state index in [0.717, 1.165) is 0 Å². The Hall–Kier alpha value is -2.31. The van der Waals surface area contributed by atoms with Crippen LogP contribution >= 0.6 is 23.2 Å². The largest absolute Gasteiger partial charge is 0.398 e. The number of hydrogen-bond acceptors (Lipinski definition) is 4. The first-order valence-corrected chi connectivity index (χ1v) is 6.44. The molecule has 1 amide bonds. The van der Waals surface area contributed by atoms with Gasteiger partial charge in [0.15, 0.2) is 0 Å². The Morgan fingerprint density at radius 1 is 1.19 bits per heavy atom. The molecule has 0 radical (unpaired) electrons. The molecule has 0 aliphatic carbocycles. The minimum absolute atomic E-state index is 0.0102. The Kier molecular flexibility index (Phi) is 4.30. The van der Waals surface area contributed by atoms with Gasteiger partial charge in [-0.15, -0.1) is 0 Å². The molecule has 8 heteroatoms. The number of amides is 1. The monoisotopic (exact) mass is 325 g/mol. The Morgan fingerprint density at radius 3 is 2.52 bits per heavy atom. The van der Waals surface area contributed by atoms with Gasteiger partial charge in [-0.25, -0.2) is 0 Å². The van der Waals surface area contributed by atoms with Crippen molar-refractivity contribution in [2.45, 2.75) is 0 Å². The quantitative estimate of drug-likeness (QED) is 0.510. The van der Waals surface area contributed by atoms with E-state index in [-0.39, 0.29) is 27.6 Å². The summed E-state index contributed by atoms with van der Waals surface area (Å²) in [5.74, 6) is -0.499. The van der Waals surface area contributed by atoms with Gasteiger partial charge in [0.2, 0.25) is 0 Å². The third kappa shape index (κ3) is 3.42. The second-order valence-corrected chi connectivity index (χ2v) is 4.95. The lowest BCUT2D eigenvalue weighted by atomic mass is 10.1. The Labute approximate surface area is 129 Å². The fraction of sp³-hybridized carbons (Fsp3) is 0. The van der Waals surface area contributed by atoms with Crippen LogP contribution in [0.1, 0.15) is 10.4 Å². The fourth-order valence-electron chi connectivity index (χ4n) is 1.67. The lowest BCUT2D eigenvalue weighted by molar-refractivity contribution is -0.384. The third-order valence-corrected chi connectivity index (χ3v) is 3.21. The van der Waals surface area contributed by atoms with Crippen LogP contribution in [0.25, 0.3) is 0 Å². The van der Waals surface area contributed by atoms with Gasteiger partial charge in [-0.1, -0.05) is 23.2 Å². The second-order valence-electron chi connectivity index (χ2n) is 4.11. The highest BCUT2D eigenvalue weighted by Gasteiger charge is 2.15. The standard InChI is InChI=1S/C13H9Cl2N3O3/c14-7-1-3-9(11(16)5-7)13(19)17-8-2-4-10(15)12(6-8)18(20)21/h1-6H,16H2,(H,17,19). The van der Waals surface area contributed by atoms with Crippen molar-refractivity contribution < 1.29 is 9.72 Å². The normalized spacial score (nSPS) is 10.2. The summed E-state index contributed by atoms with van der Waals surface area (Å²) >= 11 is 11.5. The summed E-state index contributed by atoms with van der Waals surface area (Å²) in [6.07, 6.45) is 0. The maximum Gasteiger partial charge on any atom is 0.289 e. The highest BCUT2D eigenvalue weighted by Crippen LogP contribution is 2.28. The van der Waals surface area contributed by atoms with Gasteiger partial charge >= 0.3 is 0 Å². The number of benzene rings is 2. The van der Waals surface area contributed by atoms with Crippen LogP contribution in [0, 0.1) is 10.1 Å². The van der Waals surface area contributed by atoms with Crippen LogP contribution < -0.4 is 11.1 Å². The van der Waals surface area contributed by atoms with Crippen LogP contribution in [0.3, 0.4) is 0 Å². The molecule has 0 aliphatic rings. The van der Waals surface area contributed by atoms with Crippen molar-refractivity contribution in [3.63, 3.8) is 0 Å². The number of nitrogens with two attached hydrogens (primary N) is 1. The number of halogens is 2. The highest BCUT2D eigenvalue weighted by molar-refractivity contribution is 6.32. The lowest BCUT2D eigenvalue weighted by Crippen LogP contribution is -2.14. The summed E-state index contributed by atoms with van der Waals surface area (Å²) in [6.45, 7) is 0. The number of nitro benzene ring substituents is 1. The topological polar surface area (TPSA) is 98.3 Å². The molecule has 0 aliphatic heterocycles. The van der Waals surface area contributed by atoms with Crippen LogP contribution in [-0.2, 0) is 0 Å². The van der Waals surface area contributed by atoms with E-state index < -0.39 is 10.8 Å². The molecule has 21 heavy (non-hydrogen) atoms. The van der Waals surface area contributed by atoms with Crippen molar-refractivity contribution in [2.75, 3.05) is 11.1 Å². The zero-order valence-corrected chi connectivity index (χ0v) is 12.0. The van der Waals surface area contributed by atoms with E-state index in [1.807, 2.05) is 0 Å². The number of hydrogen-bond donors (Lipinski definition) is 2. The molecule has 0 saturated heterocycles. The van der Waals surface area contributed by atoms with Crippen molar-refractivity contribution in [3.05, 3.63) is 62.1 Å². The van der Waals surface area contributed by atoms with Gasteiger partial charge in [-0.3, -0.25) is 14.9 Å². The fourth-order valence-corrected chi connectivity index (χ4v) is 2.04. The summed E-state index contributed by atoms with van der Waals surface area (Å²) < 4.78 is 0. The van der Waals surface area contributed by atoms with E-state index >= 15 is 0 Å². The van der Waals surface area contributed by atoms with Crippen LogP contribution in [0.4, 0.5) is 17.1 Å². The number of nitrogens with one attached hydrogen (secondary N) is 1. The molecule has 2 aromatic rings. The van der Waals surface area contributed by atoms with E-state index in [0.29, 0.717) is 5.02 Å². The molecule has 2 rings (SSSR count). The molecular weight excluding hydrogens is 317 g/mol. The zero-order chi connectivity index (χ0) is 15.6. The Balaban J connectivity index is 2.27.